The third kappa shape index (κ3) is 4.88. The molecule has 0 radical (unpaired) electrons. The number of hydrogen-bond donors (Lipinski definition) is 1. The second kappa shape index (κ2) is 9.55. The maximum atomic E-state index is 14.1. The summed E-state index contributed by atoms with van der Waals surface area (Å²) in [6.45, 7) is 4.77. The Hall–Kier alpha value is -3.03. The number of nitrogens with zero attached hydrogens (tertiary/aromatic N) is 3. The lowest BCUT2D eigenvalue weighted by atomic mass is 9.97. The highest BCUT2D eigenvalue weighted by atomic mass is 19.4. The molecule has 0 aromatic heterocycles. The van der Waals surface area contributed by atoms with Gasteiger partial charge in [-0.1, -0.05) is 48.0 Å². The molecule has 4 nitrogen and oxygen atoms in total. The smallest absolute Gasteiger partial charge is 0.396 e. The van der Waals surface area contributed by atoms with Gasteiger partial charge in [-0.15, -0.1) is 0 Å². The molecule has 1 N–H and O–H groups in total. The van der Waals surface area contributed by atoms with Crippen LogP contribution in [0.1, 0.15) is 35.1 Å². The Bertz CT molecular complexity index is 1190. The van der Waals surface area contributed by atoms with Crippen LogP contribution in [-0.4, -0.2) is 29.8 Å². The van der Waals surface area contributed by atoms with Crippen LogP contribution in [0.2, 0.25) is 0 Å². The zero-order chi connectivity index (χ0) is 24.6. The summed E-state index contributed by atoms with van der Waals surface area (Å²) in [7, 11) is 0. The van der Waals surface area contributed by atoms with Crippen molar-refractivity contribution in [2.24, 2.45) is 5.92 Å². The van der Waals surface area contributed by atoms with Crippen molar-refractivity contribution in [3.05, 3.63) is 89.0 Å². The Morgan fingerprint density at radius 2 is 1.63 bits per heavy atom. The van der Waals surface area contributed by atoms with Gasteiger partial charge in [0.15, 0.2) is 0 Å². The summed E-state index contributed by atoms with van der Waals surface area (Å²) in [5.74, 6) is 0.319. The van der Waals surface area contributed by atoms with Crippen LogP contribution < -0.4 is 9.91 Å². The van der Waals surface area contributed by atoms with Gasteiger partial charge < -0.3 is 10.0 Å². The lowest BCUT2D eigenvalue weighted by molar-refractivity contribution is -0.137. The first kappa shape index (κ1) is 23.7. The number of alkyl halides is 3. The summed E-state index contributed by atoms with van der Waals surface area (Å²) in [6.07, 6.45) is -2.64. The van der Waals surface area contributed by atoms with E-state index in [4.69, 9.17) is 0 Å². The molecule has 2 aliphatic heterocycles. The molecule has 0 atom stereocenters. The van der Waals surface area contributed by atoms with Gasteiger partial charge in [0, 0.05) is 38.5 Å². The summed E-state index contributed by atoms with van der Waals surface area (Å²) in [6, 6.07) is 20.4. The van der Waals surface area contributed by atoms with Crippen molar-refractivity contribution in [3.63, 3.8) is 0 Å². The van der Waals surface area contributed by atoms with Crippen LogP contribution in [-0.2, 0) is 19.3 Å². The highest BCUT2D eigenvalue weighted by Gasteiger charge is 2.40. The van der Waals surface area contributed by atoms with Gasteiger partial charge in [0.1, 0.15) is 0 Å². The summed E-state index contributed by atoms with van der Waals surface area (Å²) in [5.41, 5.74) is 4.15. The van der Waals surface area contributed by atoms with Crippen molar-refractivity contribution in [2.75, 3.05) is 29.6 Å². The molecule has 3 aromatic carbocycles. The zero-order valence-corrected chi connectivity index (χ0v) is 19.8. The average molecular weight is 482 g/mol. The van der Waals surface area contributed by atoms with Crippen LogP contribution in [0.3, 0.4) is 0 Å². The van der Waals surface area contributed by atoms with Crippen molar-refractivity contribution < 1.29 is 18.3 Å². The molecule has 0 aliphatic carbocycles. The fourth-order valence-electron chi connectivity index (χ4n) is 5.24. The van der Waals surface area contributed by atoms with Gasteiger partial charge >= 0.3 is 6.18 Å². The van der Waals surface area contributed by atoms with Gasteiger partial charge in [0.05, 0.1) is 16.9 Å². The molecule has 0 amide bonds. The first-order valence-electron chi connectivity index (χ1n) is 12.1. The predicted octanol–water partition coefficient (Wildman–Crippen LogP) is 6.29. The largest absolute Gasteiger partial charge is 0.418 e. The number of halogens is 3. The summed E-state index contributed by atoms with van der Waals surface area (Å²) in [4.78, 5) is 2.26. The van der Waals surface area contributed by atoms with Crippen molar-refractivity contribution in [3.8, 4) is 0 Å². The molecule has 184 valence electrons. The first-order valence-corrected chi connectivity index (χ1v) is 12.1. The molecule has 3 aromatic rings. The molecule has 35 heavy (non-hydrogen) atoms. The highest BCUT2D eigenvalue weighted by molar-refractivity contribution is 5.74. The minimum Gasteiger partial charge on any atom is -0.396 e. The Morgan fingerprint density at radius 3 is 2.34 bits per heavy atom. The van der Waals surface area contributed by atoms with Crippen molar-refractivity contribution in [1.29, 1.82) is 0 Å². The Morgan fingerprint density at radius 1 is 0.914 bits per heavy atom. The van der Waals surface area contributed by atoms with Gasteiger partial charge in [-0.25, -0.2) is 5.01 Å². The van der Waals surface area contributed by atoms with E-state index >= 15 is 0 Å². The van der Waals surface area contributed by atoms with E-state index in [-0.39, 0.29) is 12.3 Å². The maximum absolute atomic E-state index is 14.1. The number of piperidine rings is 1. The minimum atomic E-state index is -4.45. The van der Waals surface area contributed by atoms with E-state index in [0.717, 1.165) is 48.4 Å². The predicted molar refractivity (Wildman–Crippen MR) is 132 cm³/mol. The van der Waals surface area contributed by atoms with Gasteiger partial charge in [-0.05, 0) is 61.1 Å². The molecule has 1 saturated heterocycles. The van der Waals surface area contributed by atoms with Crippen LogP contribution in [0.5, 0.6) is 0 Å². The molecular formula is C28H30F3N3O. The van der Waals surface area contributed by atoms with Crippen molar-refractivity contribution >= 4 is 17.1 Å². The van der Waals surface area contributed by atoms with Gasteiger partial charge in [0.25, 0.3) is 0 Å². The molecule has 0 unspecified atom stereocenters. The third-order valence-corrected chi connectivity index (χ3v) is 7.03. The number of rotatable bonds is 5. The average Bonchev–Trinajstić information content (AvgIpc) is 3.21. The second-order valence-corrected chi connectivity index (χ2v) is 9.57. The quantitative estimate of drug-likeness (QED) is 0.464. The SMILES string of the molecule is Cc1cccc(CN2Cc3cccc(C(F)(F)F)c3N2c2cccc(N3CCC(CO)CC3)c2)c1. The monoisotopic (exact) mass is 481 g/mol. The lowest BCUT2D eigenvalue weighted by Gasteiger charge is -2.35. The lowest BCUT2D eigenvalue weighted by Crippen LogP contribution is -2.36. The molecule has 2 aliphatic rings. The van der Waals surface area contributed by atoms with Crippen LogP contribution in [0.15, 0.2) is 66.7 Å². The standard InChI is InChI=1S/C28H30F3N3O/c1-20-5-2-6-22(15-20)17-33-18-23-7-3-10-26(28(29,30)31)27(23)34(33)25-9-4-8-24(16-25)32-13-11-21(19-35)12-14-32/h2-10,15-16,21,35H,11-14,17-19H2,1H3. The van der Waals surface area contributed by atoms with Crippen LogP contribution in [0.25, 0.3) is 0 Å². The molecule has 2 heterocycles. The Labute approximate surface area is 204 Å². The fourth-order valence-corrected chi connectivity index (χ4v) is 5.24. The summed E-state index contributed by atoms with van der Waals surface area (Å²) in [5, 5.41) is 13.2. The number of anilines is 3. The number of aliphatic hydroxyl groups is 1. The second-order valence-electron chi connectivity index (χ2n) is 9.57. The number of fused-ring (bicyclic) bond motifs is 1. The Kier molecular flexibility index (Phi) is 6.47. The topological polar surface area (TPSA) is 30.0 Å². The molecule has 7 heteroatoms. The molecule has 0 spiro atoms. The van der Waals surface area contributed by atoms with E-state index in [0.29, 0.717) is 24.6 Å². The normalized spacial score (nSPS) is 17.2. The zero-order valence-electron chi connectivity index (χ0n) is 19.8. The van der Waals surface area contributed by atoms with Gasteiger partial charge in [0.2, 0.25) is 0 Å². The minimum absolute atomic E-state index is 0.201. The van der Waals surface area contributed by atoms with Gasteiger partial charge in [-0.3, -0.25) is 5.01 Å². The third-order valence-electron chi connectivity index (χ3n) is 7.03. The number of hydrazine groups is 1. The molecule has 5 rings (SSSR count). The number of benzene rings is 3. The maximum Gasteiger partial charge on any atom is 0.418 e. The molecule has 1 fully saturated rings. The summed E-state index contributed by atoms with van der Waals surface area (Å²) >= 11 is 0. The first-order chi connectivity index (χ1) is 16.8. The van der Waals surface area contributed by atoms with Crippen LogP contribution in [0, 0.1) is 12.8 Å². The molecule has 0 bridgehead atoms. The van der Waals surface area contributed by atoms with Gasteiger partial charge in [-0.2, -0.15) is 13.2 Å². The number of para-hydroxylation sites is 1. The highest BCUT2D eigenvalue weighted by Crippen LogP contribution is 2.47. The van der Waals surface area contributed by atoms with Crippen LogP contribution in [0.4, 0.5) is 30.2 Å². The number of aliphatic hydroxyl groups excluding tert-OH is 1. The number of aryl methyl sites for hydroxylation is 1. The van der Waals surface area contributed by atoms with E-state index < -0.39 is 11.7 Å². The van der Waals surface area contributed by atoms with E-state index in [1.54, 1.807) is 11.1 Å². The van der Waals surface area contributed by atoms with Crippen molar-refractivity contribution in [1.82, 2.24) is 5.01 Å². The van der Waals surface area contributed by atoms with E-state index in [1.165, 1.54) is 12.1 Å². The fraction of sp³-hybridized carbons (Fsp3) is 0.357. The van der Waals surface area contributed by atoms with Crippen molar-refractivity contribution in [2.45, 2.75) is 39.0 Å². The van der Waals surface area contributed by atoms with E-state index in [9.17, 15) is 18.3 Å². The molecule has 0 saturated carbocycles. The van der Waals surface area contributed by atoms with E-state index in [1.807, 2.05) is 54.4 Å². The summed E-state index contributed by atoms with van der Waals surface area (Å²) < 4.78 is 42.3. The van der Waals surface area contributed by atoms with Crippen LogP contribution >= 0.6 is 0 Å². The van der Waals surface area contributed by atoms with E-state index in [2.05, 4.69) is 11.0 Å². The Balaban J connectivity index is 1.54. The number of hydrogen-bond acceptors (Lipinski definition) is 4. The molecular weight excluding hydrogens is 451 g/mol.